The molecule has 2 unspecified atom stereocenters. The van der Waals surface area contributed by atoms with Gasteiger partial charge in [0, 0.05) is 42.9 Å². The molecule has 1 heterocycles. The molecule has 0 aliphatic carbocycles. The van der Waals surface area contributed by atoms with Gasteiger partial charge in [-0.3, -0.25) is 19.2 Å². The first-order chi connectivity index (χ1) is 26.6. The number of nitrogens with one attached hydrogen (secondary N) is 3. The van der Waals surface area contributed by atoms with E-state index in [1.807, 2.05) is 37.3 Å². The first-order valence-corrected chi connectivity index (χ1v) is 18.8. The van der Waals surface area contributed by atoms with Gasteiger partial charge in [0.25, 0.3) is 5.91 Å². The van der Waals surface area contributed by atoms with Crippen molar-refractivity contribution in [3.63, 3.8) is 0 Å². The van der Waals surface area contributed by atoms with Crippen molar-refractivity contribution in [3.05, 3.63) is 107 Å². The van der Waals surface area contributed by atoms with Crippen molar-refractivity contribution in [1.82, 2.24) is 20.9 Å². The fourth-order valence-electron chi connectivity index (χ4n) is 6.56. The Bertz CT molecular complexity index is 1950. The number of nitrogens with zero attached hydrogens (tertiary/aromatic N) is 1. The van der Waals surface area contributed by atoms with Gasteiger partial charge in [-0.2, -0.15) is 0 Å². The predicted molar refractivity (Wildman–Crippen MR) is 214 cm³/mol. The lowest BCUT2D eigenvalue weighted by Gasteiger charge is -2.29. The molecule has 0 saturated carbocycles. The van der Waals surface area contributed by atoms with Crippen LogP contribution in [0.2, 0.25) is 0 Å². The van der Waals surface area contributed by atoms with Crippen molar-refractivity contribution < 1.29 is 28.7 Å². The third-order valence-electron chi connectivity index (χ3n) is 9.46. The van der Waals surface area contributed by atoms with Gasteiger partial charge in [0.15, 0.2) is 0 Å². The lowest BCUT2D eigenvalue weighted by molar-refractivity contribution is -0.139. The summed E-state index contributed by atoms with van der Waals surface area (Å²) in [4.78, 5) is 55.0. The molecule has 12 nitrogen and oxygen atoms in total. The van der Waals surface area contributed by atoms with Gasteiger partial charge >= 0.3 is 0 Å². The average Bonchev–Trinajstić information content (AvgIpc) is 3.20. The number of carbonyl (C=O) groups is 4. The number of amides is 4. The highest BCUT2D eigenvalue weighted by atomic mass is 16.5. The first kappa shape index (κ1) is 40.5. The van der Waals surface area contributed by atoms with E-state index in [0.29, 0.717) is 46.7 Å². The number of ether oxygens (including phenoxy) is 2. The Morgan fingerprint density at radius 3 is 2.11 bits per heavy atom. The van der Waals surface area contributed by atoms with Crippen molar-refractivity contribution in [2.75, 3.05) is 46.4 Å². The van der Waals surface area contributed by atoms with E-state index >= 15 is 0 Å². The highest BCUT2D eigenvalue weighted by Gasteiger charge is 2.31. The summed E-state index contributed by atoms with van der Waals surface area (Å²) in [6.45, 7) is 4.47. The largest absolute Gasteiger partial charge is 0.492 e. The summed E-state index contributed by atoms with van der Waals surface area (Å²) in [5.41, 5.74) is 18.0. The van der Waals surface area contributed by atoms with Crippen molar-refractivity contribution in [1.29, 1.82) is 0 Å². The number of likely N-dealkylation sites (N-methyl/N-ethyl adjacent to an activating group) is 1. The average molecular weight is 749 g/mol. The molecule has 0 spiro atoms. The number of benzene rings is 4. The van der Waals surface area contributed by atoms with E-state index in [1.165, 1.54) is 17.5 Å². The topological polar surface area (TPSA) is 178 Å². The van der Waals surface area contributed by atoms with Crippen molar-refractivity contribution >= 4 is 23.6 Å². The lowest BCUT2D eigenvalue weighted by Crippen LogP contribution is -2.48. The zero-order chi connectivity index (χ0) is 39.3. The number of carbonyl (C=O) groups excluding carboxylic acids is 4. The van der Waals surface area contributed by atoms with E-state index < -0.39 is 23.8 Å². The summed E-state index contributed by atoms with van der Waals surface area (Å²) in [5.74, 6) is -0.847. The minimum absolute atomic E-state index is 0.241. The summed E-state index contributed by atoms with van der Waals surface area (Å²) in [5, 5.41) is 8.33. The zero-order valence-electron chi connectivity index (χ0n) is 31.9. The summed E-state index contributed by atoms with van der Waals surface area (Å²) in [6, 6.07) is 25.1. The minimum atomic E-state index is -1.18. The second-order valence-electron chi connectivity index (χ2n) is 13.7. The number of hydrogen-bond donors (Lipinski definition) is 5. The maximum absolute atomic E-state index is 13.9. The van der Waals surface area contributed by atoms with Crippen LogP contribution in [-0.2, 0) is 27.2 Å². The van der Waals surface area contributed by atoms with Crippen LogP contribution in [0.3, 0.4) is 0 Å². The number of rotatable bonds is 14. The highest BCUT2D eigenvalue weighted by Crippen LogP contribution is 2.40. The van der Waals surface area contributed by atoms with Gasteiger partial charge in [-0.1, -0.05) is 61.9 Å². The maximum atomic E-state index is 13.9. The number of aryl methyl sites for hydroxylation is 1. The molecule has 0 aromatic heterocycles. The van der Waals surface area contributed by atoms with Crippen LogP contribution in [0.4, 0.5) is 0 Å². The Morgan fingerprint density at radius 2 is 1.47 bits per heavy atom. The Hall–Kier alpha value is -5.72. The molecule has 0 fully saturated rings. The van der Waals surface area contributed by atoms with Gasteiger partial charge in [-0.05, 0) is 90.4 Å². The normalized spacial score (nSPS) is 15.6. The van der Waals surface area contributed by atoms with E-state index in [2.05, 4.69) is 47.1 Å². The van der Waals surface area contributed by atoms with Crippen LogP contribution >= 0.6 is 0 Å². The van der Waals surface area contributed by atoms with E-state index in [9.17, 15) is 19.2 Å². The van der Waals surface area contributed by atoms with Gasteiger partial charge < -0.3 is 41.8 Å². The second-order valence-corrected chi connectivity index (χ2v) is 13.7. The van der Waals surface area contributed by atoms with Crippen LogP contribution in [0.15, 0.2) is 84.9 Å². The molecule has 4 aromatic rings. The van der Waals surface area contributed by atoms with Crippen LogP contribution in [0.1, 0.15) is 59.8 Å². The van der Waals surface area contributed by atoms with Crippen molar-refractivity contribution in [2.45, 2.75) is 51.6 Å². The predicted octanol–water partition coefficient (Wildman–Crippen LogP) is 4.14. The Morgan fingerprint density at radius 1 is 0.855 bits per heavy atom. The third-order valence-corrected chi connectivity index (χ3v) is 9.46. The number of nitrogens with two attached hydrogens (primary N) is 2. The Balaban J connectivity index is 1.40. The molecule has 0 radical (unpaired) electrons. The van der Waals surface area contributed by atoms with E-state index in [0.717, 1.165) is 36.0 Å². The summed E-state index contributed by atoms with van der Waals surface area (Å²) in [6.07, 6.45) is 3.86. The monoisotopic (exact) mass is 748 g/mol. The van der Waals surface area contributed by atoms with E-state index in [-0.39, 0.29) is 44.8 Å². The van der Waals surface area contributed by atoms with Crippen LogP contribution in [0.25, 0.3) is 22.3 Å². The minimum Gasteiger partial charge on any atom is -0.492 e. The number of unbranched alkanes of at least 4 members (excludes halogenated alkanes) is 1. The van der Waals surface area contributed by atoms with Gasteiger partial charge in [0.2, 0.25) is 17.7 Å². The van der Waals surface area contributed by atoms with Crippen LogP contribution in [0, 0.1) is 0 Å². The van der Waals surface area contributed by atoms with E-state index in [1.54, 1.807) is 30.3 Å². The van der Waals surface area contributed by atoms with Gasteiger partial charge in [0.1, 0.15) is 30.8 Å². The molecule has 4 amide bonds. The van der Waals surface area contributed by atoms with Crippen molar-refractivity contribution in [3.8, 4) is 33.8 Å². The van der Waals surface area contributed by atoms with Gasteiger partial charge in [0.05, 0.1) is 13.1 Å². The summed E-state index contributed by atoms with van der Waals surface area (Å²) >= 11 is 0. The zero-order valence-corrected chi connectivity index (χ0v) is 31.9. The number of hydrogen-bond acceptors (Lipinski definition) is 8. The smallest absolute Gasteiger partial charge is 0.251 e. The molecule has 2 atom stereocenters. The van der Waals surface area contributed by atoms with Crippen molar-refractivity contribution in [2.24, 2.45) is 11.5 Å². The molecule has 4 bridgehead atoms. The SMILES string of the molecule is CCCCc1ccc(-c2ccc(C(=O)NCC(=O)N(C)C3C(=O)NCC(=O)NC(C)Cc4ccc(OCCN)c(c4)-c4cc3ccc4OCCN)cc2)cc1. The molecule has 7 N–H and O–H groups in total. The molecule has 4 aromatic carbocycles. The molecular formula is C43H52N6O6. The number of fused-ring (bicyclic) bond motifs is 5. The van der Waals surface area contributed by atoms with E-state index in [4.69, 9.17) is 20.9 Å². The molecule has 1 aliphatic rings. The third kappa shape index (κ3) is 10.7. The molecular weight excluding hydrogens is 697 g/mol. The quantitative estimate of drug-likeness (QED) is 0.128. The lowest BCUT2D eigenvalue weighted by atomic mass is 9.94. The van der Waals surface area contributed by atoms with Gasteiger partial charge in [-0.15, -0.1) is 0 Å². The van der Waals surface area contributed by atoms with Crippen LogP contribution in [-0.4, -0.2) is 81.0 Å². The molecule has 5 rings (SSSR count). The molecule has 290 valence electrons. The molecule has 1 aliphatic heterocycles. The second kappa shape index (κ2) is 19.6. The highest BCUT2D eigenvalue weighted by molar-refractivity contribution is 5.98. The maximum Gasteiger partial charge on any atom is 0.251 e. The van der Waals surface area contributed by atoms with Crippen LogP contribution in [0.5, 0.6) is 11.5 Å². The molecule has 55 heavy (non-hydrogen) atoms. The summed E-state index contributed by atoms with van der Waals surface area (Å²) < 4.78 is 12.1. The van der Waals surface area contributed by atoms with Gasteiger partial charge in [-0.25, -0.2) is 0 Å². The molecule has 0 saturated heterocycles. The standard InChI is InChI=1S/C43H52N6O6/c1-4-5-6-29-7-10-31(11-8-29)32-12-14-33(15-13-32)42(52)47-27-40(51)49(3)41-34-16-18-38(55-22-20-45)36(25-34)35-24-30(9-17-37(35)54-21-19-44)23-28(2)48-39(50)26-46-43(41)53/h7-18,24-25,28,41H,4-6,19-23,26-27,44-45H2,1-3H3,(H,46,53)(H,47,52)(H,48,50). The Labute approximate surface area is 322 Å². The Kier molecular flexibility index (Phi) is 14.4. The first-order valence-electron chi connectivity index (χ1n) is 18.8. The molecule has 12 heteroatoms. The summed E-state index contributed by atoms with van der Waals surface area (Å²) in [7, 11) is 1.49. The fraction of sp³-hybridized carbons (Fsp3) is 0.349. The fourth-order valence-corrected chi connectivity index (χ4v) is 6.56. The van der Waals surface area contributed by atoms with Crippen LogP contribution < -0.4 is 36.9 Å².